The van der Waals surface area contributed by atoms with Gasteiger partial charge in [-0.1, -0.05) is 48.0 Å². The third-order valence-corrected chi connectivity index (χ3v) is 1.71. The number of rotatable bonds is 3. The first-order valence-corrected chi connectivity index (χ1v) is 4.16. The lowest BCUT2D eigenvalue weighted by molar-refractivity contribution is 1.00. The molecule has 0 saturated heterocycles. The molecule has 0 bridgehead atoms. The Bertz CT molecular complexity index is 214. The summed E-state index contributed by atoms with van der Waals surface area (Å²) in [5.74, 6) is 0. The normalized spacial score (nSPS) is 10.6. The highest BCUT2D eigenvalue weighted by molar-refractivity contribution is 6.25. The number of allylic oxidation sites excluding steroid dienone is 1. The average molecular weight is 167 g/mol. The van der Waals surface area contributed by atoms with Gasteiger partial charge in [-0.15, -0.1) is 0 Å². The van der Waals surface area contributed by atoms with Gasteiger partial charge < -0.3 is 0 Å². The fraction of sp³-hybridized carbons (Fsp3) is 0.200. The summed E-state index contributed by atoms with van der Waals surface area (Å²) < 4.78 is 0. The zero-order chi connectivity index (χ0) is 7.94. The predicted octanol–water partition coefficient (Wildman–Crippen LogP) is 3.37. The molecule has 0 spiro atoms. The number of benzene rings is 1. The molecule has 1 aromatic carbocycles. The van der Waals surface area contributed by atoms with Gasteiger partial charge in [0, 0.05) is 5.54 Å². The molecule has 0 N–H and O–H groups in total. The molecule has 0 aliphatic rings. The van der Waals surface area contributed by atoms with E-state index in [0.717, 1.165) is 12.8 Å². The van der Waals surface area contributed by atoms with Crippen molar-refractivity contribution >= 4 is 11.6 Å². The highest BCUT2D eigenvalue weighted by atomic mass is 35.5. The fourth-order valence-electron chi connectivity index (χ4n) is 0.958. The van der Waals surface area contributed by atoms with E-state index >= 15 is 0 Å². The molecule has 0 aliphatic carbocycles. The molecule has 0 atom stereocenters. The largest absolute Gasteiger partial charge is 0.0933 e. The first-order valence-electron chi connectivity index (χ1n) is 3.72. The molecule has 11 heavy (non-hydrogen) atoms. The topological polar surface area (TPSA) is 0 Å². The lowest BCUT2D eigenvalue weighted by Crippen LogP contribution is -1.80. The third-order valence-electron chi connectivity index (χ3n) is 1.53. The molecule has 0 fully saturated rings. The Morgan fingerprint density at radius 3 is 2.55 bits per heavy atom. The van der Waals surface area contributed by atoms with E-state index in [2.05, 4.69) is 24.3 Å². The molecule has 0 unspecified atom stereocenters. The Morgan fingerprint density at radius 1 is 1.18 bits per heavy atom. The maximum Gasteiger partial charge on any atom is 0.000257 e. The molecule has 58 valence electrons. The Hall–Kier alpha value is -0.750. The van der Waals surface area contributed by atoms with Gasteiger partial charge in [0.05, 0.1) is 0 Å². The van der Waals surface area contributed by atoms with Gasteiger partial charge in [-0.25, -0.2) is 0 Å². The zero-order valence-corrected chi connectivity index (χ0v) is 7.09. The Kier molecular flexibility index (Phi) is 3.77. The van der Waals surface area contributed by atoms with E-state index in [1.165, 1.54) is 5.56 Å². The summed E-state index contributed by atoms with van der Waals surface area (Å²) in [6, 6.07) is 10.4. The van der Waals surface area contributed by atoms with Crippen molar-refractivity contribution in [2.24, 2.45) is 0 Å². The Morgan fingerprint density at radius 2 is 1.91 bits per heavy atom. The Balaban J connectivity index is 2.39. The van der Waals surface area contributed by atoms with Gasteiger partial charge in [-0.2, -0.15) is 0 Å². The Labute approximate surface area is 72.5 Å². The highest BCUT2D eigenvalue weighted by Crippen LogP contribution is 2.02. The van der Waals surface area contributed by atoms with Gasteiger partial charge in [0.15, 0.2) is 0 Å². The van der Waals surface area contributed by atoms with Crippen LogP contribution in [0.1, 0.15) is 12.0 Å². The van der Waals surface area contributed by atoms with Crippen LogP contribution in [0.2, 0.25) is 0 Å². The van der Waals surface area contributed by atoms with Crippen LogP contribution in [-0.4, -0.2) is 0 Å². The van der Waals surface area contributed by atoms with Gasteiger partial charge in [-0.3, -0.25) is 0 Å². The number of hydrogen-bond acceptors (Lipinski definition) is 0. The first kappa shape index (κ1) is 8.35. The van der Waals surface area contributed by atoms with Crippen molar-refractivity contribution in [1.29, 1.82) is 0 Å². The van der Waals surface area contributed by atoms with E-state index in [1.54, 1.807) is 5.54 Å². The molecule has 0 nitrogen and oxygen atoms in total. The molecule has 0 heterocycles. The fourth-order valence-corrected chi connectivity index (χ4v) is 1.08. The second-order valence-corrected chi connectivity index (χ2v) is 2.64. The van der Waals surface area contributed by atoms with E-state index < -0.39 is 0 Å². The van der Waals surface area contributed by atoms with Crippen LogP contribution in [0, 0.1) is 0 Å². The monoisotopic (exact) mass is 166 g/mol. The molecular weight excluding hydrogens is 156 g/mol. The van der Waals surface area contributed by atoms with E-state index in [1.807, 2.05) is 12.1 Å². The van der Waals surface area contributed by atoms with Gasteiger partial charge in [0.2, 0.25) is 0 Å². The molecule has 1 heteroatoms. The second kappa shape index (κ2) is 4.97. The van der Waals surface area contributed by atoms with Crippen LogP contribution >= 0.6 is 11.6 Å². The van der Waals surface area contributed by atoms with Crippen molar-refractivity contribution < 1.29 is 0 Å². The van der Waals surface area contributed by atoms with Gasteiger partial charge in [-0.05, 0) is 18.4 Å². The molecule has 1 aromatic rings. The van der Waals surface area contributed by atoms with Crippen LogP contribution in [-0.2, 0) is 6.42 Å². The summed E-state index contributed by atoms with van der Waals surface area (Å²) in [7, 11) is 0. The molecule has 1 rings (SSSR count). The molecule has 0 saturated carbocycles. The van der Waals surface area contributed by atoms with E-state index in [-0.39, 0.29) is 0 Å². The maximum atomic E-state index is 5.39. The molecule has 0 radical (unpaired) electrons. The summed E-state index contributed by atoms with van der Waals surface area (Å²) in [4.78, 5) is 0. The molecule has 0 aromatic heterocycles. The van der Waals surface area contributed by atoms with Gasteiger partial charge >= 0.3 is 0 Å². The lowest BCUT2D eigenvalue weighted by Gasteiger charge is -1.94. The number of halogens is 1. The summed E-state index contributed by atoms with van der Waals surface area (Å²) in [5, 5.41) is 0. The lowest BCUT2D eigenvalue weighted by atomic mass is 10.1. The quantitative estimate of drug-likeness (QED) is 0.646. The molecule has 0 amide bonds. The van der Waals surface area contributed by atoms with Crippen molar-refractivity contribution in [3.05, 3.63) is 47.5 Å². The summed E-state index contributed by atoms with van der Waals surface area (Å²) in [6.07, 6.45) is 4.06. The minimum Gasteiger partial charge on any atom is -0.0933 e. The average Bonchev–Trinajstić information content (AvgIpc) is 2.07. The first-order chi connectivity index (χ1) is 5.43. The van der Waals surface area contributed by atoms with Crippen LogP contribution in [0.15, 0.2) is 41.9 Å². The number of aryl methyl sites for hydroxylation is 1. The van der Waals surface area contributed by atoms with Crippen molar-refractivity contribution in [3.63, 3.8) is 0 Å². The summed E-state index contributed by atoms with van der Waals surface area (Å²) in [6.45, 7) is 0. The minimum atomic E-state index is 1.02. The maximum absolute atomic E-state index is 5.39. The summed E-state index contributed by atoms with van der Waals surface area (Å²) in [5.41, 5.74) is 2.94. The van der Waals surface area contributed by atoms with Crippen LogP contribution in [0.25, 0.3) is 0 Å². The van der Waals surface area contributed by atoms with Crippen molar-refractivity contribution in [2.75, 3.05) is 0 Å². The number of hydrogen-bond donors (Lipinski definition) is 0. The highest BCUT2D eigenvalue weighted by Gasteiger charge is 1.86. The van der Waals surface area contributed by atoms with Crippen LogP contribution in [0.4, 0.5) is 0 Å². The second-order valence-electron chi connectivity index (χ2n) is 2.39. The van der Waals surface area contributed by atoms with Crippen molar-refractivity contribution in [2.45, 2.75) is 12.8 Å². The standard InChI is InChI=1S/C10H11Cl/c11-9-5-4-8-10-6-2-1-3-7-10/h1-3,5-7,9H,4,8H2/b9-5+. The predicted molar refractivity (Wildman–Crippen MR) is 49.8 cm³/mol. The van der Waals surface area contributed by atoms with E-state index in [9.17, 15) is 0 Å². The van der Waals surface area contributed by atoms with E-state index in [0.29, 0.717) is 0 Å². The SMILES string of the molecule is Cl/C=C/CCc1ccccc1. The van der Waals surface area contributed by atoms with Crippen molar-refractivity contribution in [1.82, 2.24) is 0 Å². The van der Waals surface area contributed by atoms with Crippen LogP contribution < -0.4 is 0 Å². The molecule has 0 aliphatic heterocycles. The van der Waals surface area contributed by atoms with Gasteiger partial charge in [0.25, 0.3) is 0 Å². The molecular formula is C10H11Cl. The van der Waals surface area contributed by atoms with E-state index in [4.69, 9.17) is 11.6 Å². The third kappa shape index (κ3) is 3.24. The van der Waals surface area contributed by atoms with Crippen LogP contribution in [0.3, 0.4) is 0 Å². The van der Waals surface area contributed by atoms with Gasteiger partial charge in [0.1, 0.15) is 0 Å². The van der Waals surface area contributed by atoms with Crippen LogP contribution in [0.5, 0.6) is 0 Å². The minimum absolute atomic E-state index is 1.02. The smallest absolute Gasteiger partial charge is 0.000257 e. The zero-order valence-electron chi connectivity index (χ0n) is 6.33. The van der Waals surface area contributed by atoms with Crippen molar-refractivity contribution in [3.8, 4) is 0 Å². The summed E-state index contributed by atoms with van der Waals surface area (Å²) >= 11 is 5.39.